The van der Waals surface area contributed by atoms with Gasteiger partial charge in [0.1, 0.15) is 0 Å². The van der Waals surface area contributed by atoms with Crippen LogP contribution in [0.3, 0.4) is 0 Å². The Kier molecular flexibility index (Phi) is 4.20. The van der Waals surface area contributed by atoms with Crippen LogP contribution in [0.1, 0.15) is 27.2 Å². The number of hydrogen-bond acceptors (Lipinski definition) is 2. The predicted molar refractivity (Wildman–Crippen MR) is 57.9 cm³/mol. The molecule has 1 aliphatic rings. The van der Waals surface area contributed by atoms with Gasteiger partial charge in [0, 0.05) is 12.6 Å². The topological polar surface area (TPSA) is 15.3 Å². The van der Waals surface area contributed by atoms with Crippen molar-refractivity contribution >= 4 is 0 Å². The lowest BCUT2D eigenvalue weighted by atomic mass is 9.94. The second kappa shape index (κ2) is 4.97. The van der Waals surface area contributed by atoms with E-state index >= 15 is 0 Å². The molecule has 1 saturated heterocycles. The van der Waals surface area contributed by atoms with Gasteiger partial charge in [0.25, 0.3) is 0 Å². The van der Waals surface area contributed by atoms with Gasteiger partial charge < -0.3 is 10.2 Å². The van der Waals surface area contributed by atoms with E-state index in [0.717, 1.165) is 17.9 Å². The maximum Gasteiger partial charge on any atom is 0.0117 e. The van der Waals surface area contributed by atoms with Crippen LogP contribution in [0, 0.1) is 11.8 Å². The molecule has 2 heteroatoms. The van der Waals surface area contributed by atoms with Crippen molar-refractivity contribution < 1.29 is 0 Å². The largest absolute Gasteiger partial charge is 0.313 e. The average Bonchev–Trinajstić information content (AvgIpc) is 2.02. The van der Waals surface area contributed by atoms with Crippen LogP contribution in [0.25, 0.3) is 0 Å². The second-order valence-corrected chi connectivity index (χ2v) is 4.94. The molecule has 0 aromatic rings. The van der Waals surface area contributed by atoms with Crippen LogP contribution in [0.2, 0.25) is 0 Å². The highest BCUT2D eigenvalue weighted by Gasteiger charge is 2.23. The summed E-state index contributed by atoms with van der Waals surface area (Å²) >= 11 is 0. The first-order valence-corrected chi connectivity index (χ1v) is 5.51. The van der Waals surface area contributed by atoms with Crippen LogP contribution in [0.15, 0.2) is 0 Å². The Morgan fingerprint density at radius 3 is 2.69 bits per heavy atom. The van der Waals surface area contributed by atoms with Crippen LogP contribution >= 0.6 is 0 Å². The van der Waals surface area contributed by atoms with Crippen molar-refractivity contribution in [3.8, 4) is 0 Å². The molecule has 0 radical (unpaired) electrons. The fourth-order valence-electron chi connectivity index (χ4n) is 2.04. The minimum absolute atomic E-state index is 0.749. The van der Waals surface area contributed by atoms with Crippen molar-refractivity contribution in [2.45, 2.75) is 33.2 Å². The van der Waals surface area contributed by atoms with Crippen LogP contribution in [-0.2, 0) is 0 Å². The normalized spacial score (nSPS) is 31.2. The zero-order chi connectivity index (χ0) is 9.84. The van der Waals surface area contributed by atoms with Crippen molar-refractivity contribution in [2.24, 2.45) is 11.8 Å². The third-order valence-electron chi connectivity index (χ3n) is 2.90. The predicted octanol–water partition coefficient (Wildman–Crippen LogP) is 1.57. The third-order valence-corrected chi connectivity index (χ3v) is 2.90. The van der Waals surface area contributed by atoms with Gasteiger partial charge in [0.05, 0.1) is 0 Å². The van der Waals surface area contributed by atoms with Crippen molar-refractivity contribution in [3.05, 3.63) is 0 Å². The standard InChI is InChI=1S/C11H24N2/c1-9(2)7-12-11-5-6-13(4)8-10(11)3/h9-12H,5-8H2,1-4H3. The Balaban J connectivity index is 2.25. The minimum Gasteiger partial charge on any atom is -0.313 e. The van der Waals surface area contributed by atoms with E-state index in [-0.39, 0.29) is 0 Å². The number of rotatable bonds is 3. The molecule has 13 heavy (non-hydrogen) atoms. The number of piperidine rings is 1. The monoisotopic (exact) mass is 184 g/mol. The molecule has 2 unspecified atom stereocenters. The summed E-state index contributed by atoms with van der Waals surface area (Å²) < 4.78 is 0. The van der Waals surface area contributed by atoms with E-state index in [0.29, 0.717) is 0 Å². The highest BCUT2D eigenvalue weighted by Crippen LogP contribution is 2.15. The Labute approximate surface area is 82.7 Å². The first-order chi connectivity index (χ1) is 6.09. The molecular weight excluding hydrogens is 160 g/mol. The van der Waals surface area contributed by atoms with E-state index in [1.165, 1.54) is 26.1 Å². The molecule has 0 aliphatic carbocycles. The van der Waals surface area contributed by atoms with Gasteiger partial charge in [-0.15, -0.1) is 0 Å². The summed E-state index contributed by atoms with van der Waals surface area (Å²) in [5.41, 5.74) is 0. The van der Waals surface area contributed by atoms with Crippen molar-refractivity contribution in [2.75, 3.05) is 26.7 Å². The van der Waals surface area contributed by atoms with Crippen LogP contribution in [0.5, 0.6) is 0 Å². The Bertz CT molecular complexity index is 145. The lowest BCUT2D eigenvalue weighted by Gasteiger charge is -2.35. The first-order valence-electron chi connectivity index (χ1n) is 5.51. The maximum absolute atomic E-state index is 3.66. The second-order valence-electron chi connectivity index (χ2n) is 4.94. The molecule has 78 valence electrons. The number of hydrogen-bond donors (Lipinski definition) is 1. The maximum atomic E-state index is 3.66. The lowest BCUT2D eigenvalue weighted by molar-refractivity contribution is 0.172. The zero-order valence-electron chi connectivity index (χ0n) is 9.51. The quantitative estimate of drug-likeness (QED) is 0.716. The Morgan fingerprint density at radius 1 is 1.46 bits per heavy atom. The van der Waals surface area contributed by atoms with E-state index in [1.807, 2.05) is 0 Å². The minimum atomic E-state index is 0.749. The van der Waals surface area contributed by atoms with Gasteiger partial charge in [0.2, 0.25) is 0 Å². The summed E-state index contributed by atoms with van der Waals surface area (Å²) in [6.45, 7) is 10.6. The van der Waals surface area contributed by atoms with Gasteiger partial charge in [-0.3, -0.25) is 0 Å². The van der Waals surface area contributed by atoms with E-state index in [4.69, 9.17) is 0 Å². The SMILES string of the molecule is CC(C)CNC1CCN(C)CC1C. The summed E-state index contributed by atoms with van der Waals surface area (Å²) in [5.74, 6) is 1.57. The van der Waals surface area contributed by atoms with E-state index in [9.17, 15) is 0 Å². The molecule has 1 rings (SSSR count). The molecule has 2 atom stereocenters. The van der Waals surface area contributed by atoms with Gasteiger partial charge in [-0.25, -0.2) is 0 Å². The fraction of sp³-hybridized carbons (Fsp3) is 1.00. The van der Waals surface area contributed by atoms with Gasteiger partial charge in [-0.2, -0.15) is 0 Å². The average molecular weight is 184 g/mol. The van der Waals surface area contributed by atoms with Crippen LogP contribution in [0.4, 0.5) is 0 Å². The molecule has 0 bridgehead atoms. The van der Waals surface area contributed by atoms with Gasteiger partial charge in [0.15, 0.2) is 0 Å². The first kappa shape index (κ1) is 11.0. The summed E-state index contributed by atoms with van der Waals surface area (Å²) in [5, 5.41) is 3.66. The summed E-state index contributed by atoms with van der Waals surface area (Å²) in [4.78, 5) is 2.43. The molecule has 0 spiro atoms. The van der Waals surface area contributed by atoms with Crippen molar-refractivity contribution in [1.29, 1.82) is 0 Å². The summed E-state index contributed by atoms with van der Waals surface area (Å²) in [6.07, 6.45) is 1.31. The number of likely N-dealkylation sites (tertiary alicyclic amines) is 1. The number of nitrogens with zero attached hydrogens (tertiary/aromatic N) is 1. The van der Waals surface area contributed by atoms with Gasteiger partial charge >= 0.3 is 0 Å². The molecule has 1 heterocycles. The summed E-state index contributed by atoms with van der Waals surface area (Å²) in [6, 6.07) is 0.749. The fourth-order valence-corrected chi connectivity index (χ4v) is 2.04. The van der Waals surface area contributed by atoms with Crippen LogP contribution in [-0.4, -0.2) is 37.6 Å². The van der Waals surface area contributed by atoms with Crippen molar-refractivity contribution in [1.82, 2.24) is 10.2 Å². The molecule has 0 amide bonds. The third kappa shape index (κ3) is 3.65. The van der Waals surface area contributed by atoms with E-state index in [1.54, 1.807) is 0 Å². The summed E-state index contributed by atoms with van der Waals surface area (Å²) in [7, 11) is 2.22. The molecule has 0 aromatic carbocycles. The number of nitrogens with one attached hydrogen (secondary N) is 1. The molecule has 0 saturated carbocycles. The Morgan fingerprint density at radius 2 is 2.15 bits per heavy atom. The highest BCUT2D eigenvalue weighted by atomic mass is 15.1. The van der Waals surface area contributed by atoms with Gasteiger partial charge in [-0.1, -0.05) is 20.8 Å². The van der Waals surface area contributed by atoms with Crippen molar-refractivity contribution in [3.63, 3.8) is 0 Å². The highest BCUT2D eigenvalue weighted by molar-refractivity contribution is 4.81. The van der Waals surface area contributed by atoms with Crippen LogP contribution < -0.4 is 5.32 Å². The lowest BCUT2D eigenvalue weighted by Crippen LogP contribution is -2.47. The molecule has 2 nitrogen and oxygen atoms in total. The molecule has 1 aliphatic heterocycles. The zero-order valence-corrected chi connectivity index (χ0v) is 9.51. The Hall–Kier alpha value is -0.0800. The van der Waals surface area contributed by atoms with Gasteiger partial charge in [-0.05, 0) is 38.4 Å². The molecule has 1 fully saturated rings. The molecule has 1 N–H and O–H groups in total. The smallest absolute Gasteiger partial charge is 0.0117 e. The van der Waals surface area contributed by atoms with E-state index < -0.39 is 0 Å². The van der Waals surface area contributed by atoms with E-state index in [2.05, 4.69) is 38.0 Å². The molecular formula is C11H24N2. The molecule has 0 aromatic heterocycles.